The average Bonchev–Trinajstić information content (AvgIpc) is 3.08. The summed E-state index contributed by atoms with van der Waals surface area (Å²) in [5.74, 6) is -0.0964. The molecule has 1 N–H and O–H groups in total. The SMILES string of the molecule is Cc1c(COc2cc3c(cc2Cl)CCCC[C@H](C(=O)O)CCCCCCCC(=O)C2=C\CC\C=C/C(=C\2)CO3)cccc1-c1ccccc1F. The van der Waals surface area contributed by atoms with Crippen LogP contribution in [0.25, 0.3) is 11.1 Å². The monoisotopic (exact) mass is 698 g/mol. The van der Waals surface area contributed by atoms with Gasteiger partial charge < -0.3 is 14.6 Å². The molecule has 50 heavy (non-hydrogen) atoms. The summed E-state index contributed by atoms with van der Waals surface area (Å²) in [4.78, 5) is 25.2. The summed E-state index contributed by atoms with van der Waals surface area (Å²) in [7, 11) is 0. The lowest BCUT2D eigenvalue weighted by atomic mass is 9.93. The summed E-state index contributed by atoms with van der Waals surface area (Å²) >= 11 is 6.82. The highest BCUT2D eigenvalue weighted by Crippen LogP contribution is 2.36. The Labute approximate surface area is 300 Å². The van der Waals surface area contributed by atoms with E-state index < -0.39 is 5.97 Å². The van der Waals surface area contributed by atoms with Crippen LogP contribution in [0.2, 0.25) is 5.02 Å². The first-order valence-corrected chi connectivity index (χ1v) is 18.4. The van der Waals surface area contributed by atoms with E-state index in [4.69, 9.17) is 21.1 Å². The van der Waals surface area contributed by atoms with Gasteiger partial charge in [-0.15, -0.1) is 0 Å². The molecule has 0 saturated carbocycles. The van der Waals surface area contributed by atoms with Crippen LogP contribution in [0.5, 0.6) is 11.5 Å². The van der Waals surface area contributed by atoms with E-state index in [-0.39, 0.29) is 30.7 Å². The average molecular weight is 699 g/mol. The smallest absolute Gasteiger partial charge is 0.306 e. The highest BCUT2D eigenvalue weighted by Gasteiger charge is 2.19. The van der Waals surface area contributed by atoms with Crippen LogP contribution < -0.4 is 9.47 Å². The number of aryl methyl sites for hydroxylation is 1. The zero-order chi connectivity index (χ0) is 35.3. The third-order valence-electron chi connectivity index (χ3n) is 9.75. The van der Waals surface area contributed by atoms with Crippen LogP contribution in [-0.2, 0) is 22.6 Å². The molecule has 0 spiro atoms. The number of fused-ring (bicyclic) bond motifs is 2. The molecule has 3 aromatic rings. The molecule has 1 aliphatic heterocycles. The first-order chi connectivity index (χ1) is 24.3. The molecule has 1 atom stereocenters. The largest absolute Gasteiger partial charge is 0.488 e. The number of rotatable bonds is 5. The molecule has 3 aromatic carbocycles. The van der Waals surface area contributed by atoms with Crippen molar-refractivity contribution in [3.8, 4) is 22.6 Å². The second-order valence-corrected chi connectivity index (χ2v) is 13.8. The number of ketones is 1. The van der Waals surface area contributed by atoms with Gasteiger partial charge in [-0.25, -0.2) is 4.39 Å². The molecule has 264 valence electrons. The summed E-state index contributed by atoms with van der Waals surface area (Å²) in [5.41, 5.74) is 5.75. The number of halogens is 2. The molecule has 1 heterocycles. The number of carbonyl (C=O) groups is 2. The van der Waals surface area contributed by atoms with Gasteiger partial charge in [0.15, 0.2) is 5.78 Å². The molecule has 7 heteroatoms. The van der Waals surface area contributed by atoms with E-state index in [2.05, 4.69) is 6.08 Å². The number of allylic oxidation sites excluding steroid dienone is 4. The normalized spacial score (nSPS) is 21.1. The molecule has 0 aromatic heterocycles. The van der Waals surface area contributed by atoms with Gasteiger partial charge in [0.25, 0.3) is 0 Å². The van der Waals surface area contributed by atoms with Crippen LogP contribution in [-0.4, -0.2) is 23.5 Å². The van der Waals surface area contributed by atoms with E-state index in [1.54, 1.807) is 12.1 Å². The lowest BCUT2D eigenvalue weighted by molar-refractivity contribution is -0.142. The first kappa shape index (κ1) is 37.1. The number of hydrogen-bond donors (Lipinski definition) is 1. The molecule has 1 aliphatic carbocycles. The lowest BCUT2D eigenvalue weighted by Gasteiger charge is -2.18. The Morgan fingerprint density at radius 3 is 2.50 bits per heavy atom. The number of carbonyl (C=O) groups excluding carboxylic acids is 1. The van der Waals surface area contributed by atoms with E-state index in [0.717, 1.165) is 91.2 Å². The molecule has 5 rings (SSSR count). The van der Waals surface area contributed by atoms with Gasteiger partial charge >= 0.3 is 5.97 Å². The molecule has 0 amide bonds. The molecule has 2 bridgehead atoms. The van der Waals surface area contributed by atoms with Crippen molar-refractivity contribution in [1.82, 2.24) is 0 Å². The Balaban J connectivity index is 1.39. The predicted octanol–water partition coefficient (Wildman–Crippen LogP) is 11.3. The van der Waals surface area contributed by atoms with E-state index in [1.807, 2.05) is 61.5 Å². The van der Waals surface area contributed by atoms with Gasteiger partial charge in [0.1, 0.15) is 30.5 Å². The minimum atomic E-state index is -0.728. The first-order valence-electron chi connectivity index (χ1n) is 18.0. The fourth-order valence-electron chi connectivity index (χ4n) is 6.75. The number of carboxylic acid groups (broad SMARTS) is 1. The van der Waals surface area contributed by atoms with Gasteiger partial charge in [0.2, 0.25) is 0 Å². The second kappa shape index (κ2) is 18.7. The van der Waals surface area contributed by atoms with Crippen LogP contribution in [0.1, 0.15) is 93.7 Å². The van der Waals surface area contributed by atoms with Gasteiger partial charge in [0.05, 0.1) is 10.9 Å². The Morgan fingerprint density at radius 2 is 1.68 bits per heavy atom. The van der Waals surface area contributed by atoms with Crippen LogP contribution in [0, 0.1) is 18.7 Å². The second-order valence-electron chi connectivity index (χ2n) is 13.4. The number of ether oxygens (including phenoxy) is 2. The maximum Gasteiger partial charge on any atom is 0.306 e. The quantitative estimate of drug-likeness (QED) is 0.287. The van der Waals surface area contributed by atoms with E-state index in [0.29, 0.717) is 47.8 Å². The Bertz CT molecular complexity index is 1740. The van der Waals surface area contributed by atoms with Crippen LogP contribution >= 0.6 is 11.6 Å². The molecular weight excluding hydrogens is 651 g/mol. The molecule has 2 aliphatic rings. The third kappa shape index (κ3) is 10.4. The van der Waals surface area contributed by atoms with Gasteiger partial charge in [-0.1, -0.05) is 98.3 Å². The maximum absolute atomic E-state index is 14.6. The summed E-state index contributed by atoms with van der Waals surface area (Å²) in [6, 6.07) is 16.2. The van der Waals surface area contributed by atoms with Gasteiger partial charge in [-0.2, -0.15) is 0 Å². The van der Waals surface area contributed by atoms with Crippen LogP contribution in [0.3, 0.4) is 0 Å². The van der Waals surface area contributed by atoms with Gasteiger partial charge in [-0.3, -0.25) is 9.59 Å². The molecule has 5 nitrogen and oxygen atoms in total. The van der Waals surface area contributed by atoms with Crippen molar-refractivity contribution in [3.05, 3.63) is 118 Å². The Kier molecular flexibility index (Phi) is 13.9. The van der Waals surface area contributed by atoms with Crippen molar-refractivity contribution in [1.29, 1.82) is 0 Å². The number of benzene rings is 3. The summed E-state index contributed by atoms with van der Waals surface area (Å²) in [6.07, 6.45) is 18.6. The Morgan fingerprint density at radius 1 is 0.940 bits per heavy atom. The molecule has 0 fully saturated rings. The van der Waals surface area contributed by atoms with Crippen molar-refractivity contribution in [2.75, 3.05) is 6.61 Å². The predicted molar refractivity (Wildman–Crippen MR) is 198 cm³/mol. The number of hydrogen-bond acceptors (Lipinski definition) is 4. The highest BCUT2D eigenvalue weighted by molar-refractivity contribution is 6.32. The minimum Gasteiger partial charge on any atom is -0.488 e. The number of Topliss-reactive ketones (excluding diaryl/α,β-unsaturated/α-hetero) is 1. The standard InChI is InChI=1S/C43H48ClFO5/c1-30-35(20-14-22-36(30)37-21-12-13-23-39(37)45)29-50-42-27-41-34(26-38(42)44)19-11-10-17-32(43(47)48)16-7-3-2-4-9-24-40(46)33-18-8-5-6-15-31(25-33)28-49-41/h6,12-15,18,20-23,25-27,32H,2-5,7-11,16-17,19,24,28-29H2,1H3,(H,47,48)/b15-6-,31-25+,33-18-/t32-/m1/s1. The minimum absolute atomic E-state index is 0.148. The zero-order valence-corrected chi connectivity index (χ0v) is 29.8. The zero-order valence-electron chi connectivity index (χ0n) is 29.0. The fourth-order valence-corrected chi connectivity index (χ4v) is 6.99. The summed E-state index contributed by atoms with van der Waals surface area (Å²) in [5, 5.41) is 10.3. The van der Waals surface area contributed by atoms with E-state index >= 15 is 0 Å². The molecular formula is C43H48ClFO5. The summed E-state index contributed by atoms with van der Waals surface area (Å²) < 4.78 is 27.4. The van der Waals surface area contributed by atoms with Crippen molar-refractivity contribution in [2.45, 2.75) is 97.0 Å². The van der Waals surface area contributed by atoms with Gasteiger partial charge in [0, 0.05) is 23.6 Å². The van der Waals surface area contributed by atoms with Crippen molar-refractivity contribution < 1.29 is 28.6 Å². The van der Waals surface area contributed by atoms with Crippen molar-refractivity contribution >= 4 is 23.4 Å². The van der Waals surface area contributed by atoms with E-state index in [1.165, 1.54) is 6.07 Å². The Hall–Kier alpha value is -4.16. The molecule has 0 saturated heterocycles. The van der Waals surface area contributed by atoms with Crippen molar-refractivity contribution in [2.24, 2.45) is 5.92 Å². The highest BCUT2D eigenvalue weighted by atomic mass is 35.5. The lowest BCUT2D eigenvalue weighted by Crippen LogP contribution is -2.13. The number of carboxylic acids is 1. The van der Waals surface area contributed by atoms with Gasteiger partial charge in [-0.05, 0) is 97.9 Å². The van der Waals surface area contributed by atoms with Crippen LogP contribution in [0.4, 0.5) is 4.39 Å². The molecule has 0 unspecified atom stereocenters. The van der Waals surface area contributed by atoms with Crippen LogP contribution in [0.15, 0.2) is 90.0 Å². The topological polar surface area (TPSA) is 72.8 Å². The fraction of sp³-hybridized carbons (Fsp3) is 0.395. The number of aliphatic carboxylic acids is 1. The van der Waals surface area contributed by atoms with E-state index in [9.17, 15) is 19.1 Å². The summed E-state index contributed by atoms with van der Waals surface area (Å²) in [6.45, 7) is 2.46. The van der Waals surface area contributed by atoms with Crippen molar-refractivity contribution in [3.63, 3.8) is 0 Å². The maximum atomic E-state index is 14.6. The third-order valence-corrected chi connectivity index (χ3v) is 10.0. The molecule has 0 radical (unpaired) electrons.